The molecule has 0 radical (unpaired) electrons. The Morgan fingerprint density at radius 1 is 1.31 bits per heavy atom. The van der Waals surface area contributed by atoms with E-state index < -0.39 is 0 Å². The van der Waals surface area contributed by atoms with Gasteiger partial charge in [-0.1, -0.05) is 6.07 Å². The zero-order valence-electron chi connectivity index (χ0n) is 6.70. The van der Waals surface area contributed by atoms with Crippen LogP contribution in [0.4, 0.5) is 4.39 Å². The first-order valence-electron chi connectivity index (χ1n) is 3.80. The summed E-state index contributed by atoms with van der Waals surface area (Å²) in [5.74, 6) is -0.362. The minimum Gasteiger partial charge on any atom is -0.298 e. The van der Waals surface area contributed by atoms with E-state index in [1.807, 2.05) is 0 Å². The third-order valence-corrected chi connectivity index (χ3v) is 1.72. The van der Waals surface area contributed by atoms with Crippen LogP contribution in [0.3, 0.4) is 0 Å². The molecule has 2 aromatic rings. The van der Waals surface area contributed by atoms with Gasteiger partial charge >= 0.3 is 0 Å². The molecule has 0 saturated heterocycles. The number of hydrogen-bond acceptors (Lipinski definition) is 1. The summed E-state index contributed by atoms with van der Waals surface area (Å²) in [7, 11) is 0. The molecule has 0 aliphatic rings. The van der Waals surface area contributed by atoms with Crippen molar-refractivity contribution in [1.82, 2.24) is 9.78 Å². The van der Waals surface area contributed by atoms with E-state index in [1.165, 1.54) is 29.1 Å². The molecule has 0 aliphatic carbocycles. The fourth-order valence-electron chi connectivity index (χ4n) is 1.14. The maximum absolute atomic E-state index is 12.8. The van der Waals surface area contributed by atoms with Crippen LogP contribution >= 0.6 is 0 Å². The average Bonchev–Trinajstić information content (AvgIpc) is 2.51. The molecular weight excluding hydrogens is 171 g/mol. The highest BCUT2D eigenvalue weighted by Gasteiger charge is 1.99. The third kappa shape index (κ3) is 1.38. The number of aromatic amines is 1. The van der Waals surface area contributed by atoms with E-state index in [1.54, 1.807) is 12.1 Å². The number of halogens is 1. The Hall–Kier alpha value is -1.84. The minimum absolute atomic E-state index is 0.203. The van der Waals surface area contributed by atoms with Gasteiger partial charge < -0.3 is 0 Å². The lowest BCUT2D eigenvalue weighted by atomic mass is 10.3. The first kappa shape index (κ1) is 7.79. The summed E-state index contributed by atoms with van der Waals surface area (Å²) in [6.07, 6.45) is 1.51. The van der Waals surface area contributed by atoms with Crippen molar-refractivity contribution >= 4 is 0 Å². The summed E-state index contributed by atoms with van der Waals surface area (Å²) < 4.78 is 14.0. The predicted octanol–water partition coefficient (Wildman–Crippen LogP) is 1.30. The normalized spacial score (nSPS) is 10.2. The number of aromatic nitrogens is 2. The van der Waals surface area contributed by atoms with Gasteiger partial charge in [-0.25, -0.2) is 9.07 Å². The zero-order chi connectivity index (χ0) is 9.26. The van der Waals surface area contributed by atoms with E-state index in [-0.39, 0.29) is 11.4 Å². The molecule has 2 rings (SSSR count). The fraction of sp³-hybridized carbons (Fsp3) is 0. The summed E-state index contributed by atoms with van der Waals surface area (Å²) in [5, 5.41) is 2.69. The first-order chi connectivity index (χ1) is 6.27. The van der Waals surface area contributed by atoms with Gasteiger partial charge in [0, 0.05) is 12.3 Å². The second-order valence-electron chi connectivity index (χ2n) is 2.62. The molecule has 0 fully saturated rings. The summed E-state index contributed by atoms with van der Waals surface area (Å²) >= 11 is 0. The highest BCUT2D eigenvalue weighted by molar-refractivity contribution is 5.30. The van der Waals surface area contributed by atoms with E-state index in [0.29, 0.717) is 5.69 Å². The SMILES string of the molecule is O=c1cc[nH]n1-c1cccc(F)c1. The largest absolute Gasteiger partial charge is 0.298 e. The van der Waals surface area contributed by atoms with Crippen LogP contribution in [0.1, 0.15) is 0 Å². The maximum Gasteiger partial charge on any atom is 0.271 e. The van der Waals surface area contributed by atoms with Crippen molar-refractivity contribution in [3.05, 3.63) is 52.7 Å². The molecule has 0 atom stereocenters. The lowest BCUT2D eigenvalue weighted by Crippen LogP contribution is -2.13. The Balaban J connectivity index is 2.59. The topological polar surface area (TPSA) is 37.8 Å². The summed E-state index contributed by atoms with van der Waals surface area (Å²) in [4.78, 5) is 11.1. The molecular formula is C9H7FN2O. The molecule has 0 spiro atoms. The molecule has 0 unspecified atom stereocenters. The quantitative estimate of drug-likeness (QED) is 0.702. The van der Waals surface area contributed by atoms with Gasteiger partial charge in [-0.05, 0) is 18.2 Å². The Labute approximate surface area is 73.4 Å². The van der Waals surface area contributed by atoms with Crippen molar-refractivity contribution in [2.75, 3.05) is 0 Å². The molecule has 0 saturated carbocycles. The van der Waals surface area contributed by atoms with Crippen LogP contribution in [0.15, 0.2) is 41.3 Å². The Morgan fingerprint density at radius 2 is 2.15 bits per heavy atom. The van der Waals surface area contributed by atoms with Crippen LogP contribution in [-0.4, -0.2) is 9.78 Å². The number of hydrogen-bond donors (Lipinski definition) is 1. The molecule has 13 heavy (non-hydrogen) atoms. The molecule has 1 heterocycles. The van der Waals surface area contributed by atoms with Crippen LogP contribution in [0, 0.1) is 5.82 Å². The number of rotatable bonds is 1. The molecule has 3 nitrogen and oxygen atoms in total. The molecule has 1 N–H and O–H groups in total. The van der Waals surface area contributed by atoms with Crippen LogP contribution in [0.2, 0.25) is 0 Å². The van der Waals surface area contributed by atoms with Gasteiger partial charge in [-0.15, -0.1) is 0 Å². The van der Waals surface area contributed by atoms with E-state index in [2.05, 4.69) is 5.10 Å². The smallest absolute Gasteiger partial charge is 0.271 e. The second-order valence-corrected chi connectivity index (χ2v) is 2.62. The van der Waals surface area contributed by atoms with Crippen LogP contribution in [-0.2, 0) is 0 Å². The van der Waals surface area contributed by atoms with Crippen LogP contribution in [0.25, 0.3) is 5.69 Å². The number of benzene rings is 1. The van der Waals surface area contributed by atoms with Gasteiger partial charge in [0.15, 0.2) is 0 Å². The molecule has 0 aliphatic heterocycles. The highest BCUT2D eigenvalue weighted by atomic mass is 19.1. The Bertz CT molecular complexity index is 472. The molecule has 4 heteroatoms. The van der Waals surface area contributed by atoms with Crippen molar-refractivity contribution in [3.8, 4) is 5.69 Å². The molecule has 0 bridgehead atoms. The molecule has 66 valence electrons. The monoisotopic (exact) mass is 178 g/mol. The van der Waals surface area contributed by atoms with Gasteiger partial charge in [0.1, 0.15) is 5.82 Å². The highest BCUT2D eigenvalue weighted by Crippen LogP contribution is 2.05. The number of H-pyrrole nitrogens is 1. The summed E-state index contributed by atoms with van der Waals surface area (Å²) in [6, 6.07) is 7.21. The van der Waals surface area contributed by atoms with Gasteiger partial charge in [-0.3, -0.25) is 9.89 Å². The Morgan fingerprint density at radius 3 is 2.77 bits per heavy atom. The van der Waals surface area contributed by atoms with Gasteiger partial charge in [0.25, 0.3) is 5.56 Å². The van der Waals surface area contributed by atoms with Crippen LogP contribution in [0.5, 0.6) is 0 Å². The van der Waals surface area contributed by atoms with E-state index in [4.69, 9.17) is 0 Å². The van der Waals surface area contributed by atoms with Crippen molar-refractivity contribution < 1.29 is 4.39 Å². The minimum atomic E-state index is -0.362. The van der Waals surface area contributed by atoms with Crippen molar-refractivity contribution in [2.24, 2.45) is 0 Å². The fourth-order valence-corrected chi connectivity index (χ4v) is 1.14. The van der Waals surface area contributed by atoms with Crippen molar-refractivity contribution in [3.63, 3.8) is 0 Å². The van der Waals surface area contributed by atoms with Gasteiger partial charge in [-0.2, -0.15) is 0 Å². The molecule has 0 amide bonds. The van der Waals surface area contributed by atoms with Crippen LogP contribution < -0.4 is 5.56 Å². The predicted molar refractivity (Wildman–Crippen MR) is 46.3 cm³/mol. The van der Waals surface area contributed by atoms with E-state index >= 15 is 0 Å². The van der Waals surface area contributed by atoms with E-state index in [0.717, 1.165) is 0 Å². The van der Waals surface area contributed by atoms with Gasteiger partial charge in [0.2, 0.25) is 0 Å². The van der Waals surface area contributed by atoms with Gasteiger partial charge in [0.05, 0.1) is 5.69 Å². The zero-order valence-corrected chi connectivity index (χ0v) is 6.70. The molecule has 1 aromatic heterocycles. The first-order valence-corrected chi connectivity index (χ1v) is 3.80. The lowest BCUT2D eigenvalue weighted by molar-refractivity contribution is 0.625. The second kappa shape index (κ2) is 2.90. The summed E-state index contributed by atoms with van der Waals surface area (Å²) in [6.45, 7) is 0. The molecule has 1 aromatic carbocycles. The van der Waals surface area contributed by atoms with Crippen molar-refractivity contribution in [2.45, 2.75) is 0 Å². The summed E-state index contributed by atoms with van der Waals surface area (Å²) in [5.41, 5.74) is 0.292. The van der Waals surface area contributed by atoms with E-state index in [9.17, 15) is 9.18 Å². The Kier molecular flexibility index (Phi) is 1.73. The third-order valence-electron chi connectivity index (χ3n) is 1.72. The number of nitrogens with zero attached hydrogens (tertiary/aromatic N) is 1. The lowest BCUT2D eigenvalue weighted by Gasteiger charge is -1.99. The maximum atomic E-state index is 12.8. The number of nitrogens with one attached hydrogen (secondary N) is 1. The van der Waals surface area contributed by atoms with Crippen molar-refractivity contribution in [1.29, 1.82) is 0 Å². The standard InChI is InChI=1S/C9H7FN2O/c10-7-2-1-3-8(6-7)12-9(13)4-5-11-12/h1-6,11H. The average molecular weight is 178 g/mol.